The van der Waals surface area contributed by atoms with E-state index in [9.17, 15) is 9.59 Å². The number of aromatic amines is 1. The van der Waals surface area contributed by atoms with Gasteiger partial charge in [0, 0.05) is 19.1 Å². The highest BCUT2D eigenvalue weighted by Gasteiger charge is 2.28. The van der Waals surface area contributed by atoms with Crippen LogP contribution in [0.4, 0.5) is 5.69 Å². The van der Waals surface area contributed by atoms with Crippen LogP contribution >= 0.6 is 11.6 Å². The number of nitrogens with one attached hydrogen (secondary N) is 2. The summed E-state index contributed by atoms with van der Waals surface area (Å²) < 4.78 is 0. The van der Waals surface area contributed by atoms with Gasteiger partial charge in [-0.25, -0.2) is 5.10 Å². The number of halogens is 1. The van der Waals surface area contributed by atoms with Crippen molar-refractivity contribution in [2.24, 2.45) is 5.92 Å². The van der Waals surface area contributed by atoms with Gasteiger partial charge in [-0.2, -0.15) is 5.10 Å². The molecule has 1 aliphatic rings. The number of rotatable bonds is 5. The van der Waals surface area contributed by atoms with E-state index in [4.69, 9.17) is 11.6 Å². The lowest BCUT2D eigenvalue weighted by Gasteiger charge is -2.34. The maximum atomic E-state index is 12.4. The topological polar surface area (TPSA) is 78.1 Å². The lowest BCUT2D eigenvalue weighted by Crippen LogP contribution is -2.45. The minimum atomic E-state index is -0.401. The van der Waals surface area contributed by atoms with Gasteiger partial charge < -0.3 is 10.2 Å². The van der Waals surface area contributed by atoms with E-state index >= 15 is 0 Å². The minimum Gasteiger partial charge on any atom is -0.368 e. The van der Waals surface area contributed by atoms with Crippen LogP contribution in [0.3, 0.4) is 0 Å². The van der Waals surface area contributed by atoms with Crippen molar-refractivity contribution in [1.82, 2.24) is 15.5 Å². The van der Waals surface area contributed by atoms with Crippen LogP contribution in [0.2, 0.25) is 5.02 Å². The van der Waals surface area contributed by atoms with Crippen LogP contribution in [0.1, 0.15) is 39.5 Å². The first-order chi connectivity index (χ1) is 10.5. The fraction of sp³-hybridized carbons (Fsp3) is 0.667. The molecule has 1 fully saturated rings. The summed E-state index contributed by atoms with van der Waals surface area (Å²) in [6.45, 7) is 5.47. The highest BCUT2D eigenvalue weighted by atomic mass is 35.5. The van der Waals surface area contributed by atoms with Gasteiger partial charge in [0.1, 0.15) is 5.02 Å². The first kappa shape index (κ1) is 16.8. The number of amides is 1. The third-order valence-electron chi connectivity index (χ3n) is 4.02. The normalized spacial score (nSPS) is 19.8. The molecule has 2 unspecified atom stereocenters. The lowest BCUT2D eigenvalue weighted by atomic mass is 9.96. The molecular weight excluding hydrogens is 304 g/mol. The molecule has 22 heavy (non-hydrogen) atoms. The fourth-order valence-corrected chi connectivity index (χ4v) is 3.08. The Hall–Kier alpha value is -1.56. The Morgan fingerprint density at radius 3 is 3.14 bits per heavy atom. The maximum Gasteiger partial charge on any atom is 0.285 e. The van der Waals surface area contributed by atoms with Gasteiger partial charge in [-0.15, -0.1) is 0 Å². The first-order valence-corrected chi connectivity index (χ1v) is 8.19. The second-order valence-corrected chi connectivity index (χ2v) is 6.26. The van der Waals surface area contributed by atoms with E-state index in [2.05, 4.69) is 22.4 Å². The van der Waals surface area contributed by atoms with Crippen molar-refractivity contribution in [2.45, 2.75) is 45.6 Å². The van der Waals surface area contributed by atoms with Crippen LogP contribution in [0.5, 0.6) is 0 Å². The summed E-state index contributed by atoms with van der Waals surface area (Å²) in [5.74, 6) is 0.00276. The van der Waals surface area contributed by atoms with Gasteiger partial charge in [0.25, 0.3) is 5.56 Å². The largest absolute Gasteiger partial charge is 0.368 e. The highest BCUT2D eigenvalue weighted by molar-refractivity contribution is 6.33. The molecule has 2 atom stereocenters. The average molecular weight is 327 g/mol. The van der Waals surface area contributed by atoms with Gasteiger partial charge in [-0.1, -0.05) is 24.9 Å². The standard InChI is InChI=1S/C15H23ClN4O2/c1-3-5-10(2)18-14(21)11-6-4-7-20(9-11)12-8-17-19-15(22)13(12)16/h8,10-11H,3-7,9H2,1-2H3,(H,18,21)(H,19,22). The van der Waals surface area contributed by atoms with Gasteiger partial charge >= 0.3 is 0 Å². The molecule has 2 rings (SSSR count). The van der Waals surface area contributed by atoms with Crippen molar-refractivity contribution in [3.63, 3.8) is 0 Å². The Balaban J connectivity index is 2.04. The predicted octanol–water partition coefficient (Wildman–Crippen LogP) is 1.94. The van der Waals surface area contributed by atoms with Gasteiger partial charge in [0.15, 0.2) is 0 Å². The molecular formula is C15H23ClN4O2. The van der Waals surface area contributed by atoms with Crippen molar-refractivity contribution in [1.29, 1.82) is 0 Å². The average Bonchev–Trinajstić information content (AvgIpc) is 2.50. The SMILES string of the molecule is CCCC(C)NC(=O)C1CCCN(c2cn[nH]c(=O)c2Cl)C1. The number of hydrogen-bond donors (Lipinski definition) is 2. The molecule has 6 nitrogen and oxygen atoms in total. The van der Waals surface area contributed by atoms with E-state index in [0.29, 0.717) is 12.2 Å². The van der Waals surface area contributed by atoms with Crippen molar-refractivity contribution in [3.05, 3.63) is 21.6 Å². The smallest absolute Gasteiger partial charge is 0.285 e. The van der Waals surface area contributed by atoms with Crippen molar-refractivity contribution in [2.75, 3.05) is 18.0 Å². The number of hydrogen-bond acceptors (Lipinski definition) is 4. The Bertz CT molecular complexity index is 575. The number of carbonyl (C=O) groups is 1. The number of nitrogens with zero attached hydrogens (tertiary/aromatic N) is 2. The molecule has 122 valence electrons. The Morgan fingerprint density at radius 1 is 1.64 bits per heavy atom. The van der Waals surface area contributed by atoms with Crippen molar-refractivity contribution in [3.8, 4) is 0 Å². The second-order valence-electron chi connectivity index (χ2n) is 5.88. The number of aromatic nitrogens is 2. The number of carbonyl (C=O) groups excluding carboxylic acids is 1. The maximum absolute atomic E-state index is 12.4. The summed E-state index contributed by atoms with van der Waals surface area (Å²) >= 11 is 6.05. The highest BCUT2D eigenvalue weighted by Crippen LogP contribution is 2.26. The fourth-order valence-electron chi connectivity index (χ4n) is 2.87. The zero-order valence-corrected chi connectivity index (χ0v) is 13.8. The molecule has 1 aromatic rings. The van der Waals surface area contributed by atoms with E-state index in [-0.39, 0.29) is 22.9 Å². The molecule has 1 aromatic heterocycles. The Labute approximate surface area is 135 Å². The lowest BCUT2D eigenvalue weighted by molar-refractivity contribution is -0.125. The van der Waals surface area contributed by atoms with Crippen LogP contribution < -0.4 is 15.8 Å². The zero-order chi connectivity index (χ0) is 16.1. The Morgan fingerprint density at radius 2 is 2.41 bits per heavy atom. The molecule has 0 bridgehead atoms. The van der Waals surface area contributed by atoms with Gasteiger partial charge in [0.2, 0.25) is 5.91 Å². The molecule has 1 amide bonds. The van der Waals surface area contributed by atoms with Crippen LogP contribution in [0.15, 0.2) is 11.0 Å². The van der Waals surface area contributed by atoms with E-state index in [1.54, 1.807) is 6.20 Å². The first-order valence-electron chi connectivity index (χ1n) is 7.81. The minimum absolute atomic E-state index is 0.0802. The summed E-state index contributed by atoms with van der Waals surface area (Å²) in [6, 6.07) is 0.192. The van der Waals surface area contributed by atoms with E-state index < -0.39 is 5.56 Å². The van der Waals surface area contributed by atoms with Crippen LogP contribution in [-0.4, -0.2) is 35.2 Å². The Kier molecular flexibility index (Phi) is 5.83. The molecule has 1 aliphatic heterocycles. The van der Waals surface area contributed by atoms with E-state index in [0.717, 1.165) is 32.2 Å². The molecule has 0 saturated carbocycles. The third kappa shape index (κ3) is 4.00. The molecule has 7 heteroatoms. The molecule has 0 aromatic carbocycles. The molecule has 1 saturated heterocycles. The molecule has 0 aliphatic carbocycles. The van der Waals surface area contributed by atoms with Crippen LogP contribution in [-0.2, 0) is 4.79 Å². The van der Waals surface area contributed by atoms with Crippen molar-refractivity contribution >= 4 is 23.2 Å². The summed E-state index contributed by atoms with van der Waals surface area (Å²) in [5, 5.41) is 9.31. The summed E-state index contributed by atoms with van der Waals surface area (Å²) in [5.41, 5.74) is 0.201. The molecule has 2 heterocycles. The van der Waals surface area contributed by atoms with Gasteiger partial charge in [-0.3, -0.25) is 9.59 Å². The number of anilines is 1. The molecule has 0 spiro atoms. The predicted molar refractivity (Wildman–Crippen MR) is 87.3 cm³/mol. The number of piperidine rings is 1. The van der Waals surface area contributed by atoms with Crippen molar-refractivity contribution < 1.29 is 4.79 Å². The third-order valence-corrected chi connectivity index (χ3v) is 4.39. The monoisotopic (exact) mass is 326 g/mol. The number of H-pyrrole nitrogens is 1. The van der Waals surface area contributed by atoms with E-state index in [1.165, 1.54) is 0 Å². The van der Waals surface area contributed by atoms with E-state index in [1.807, 2.05) is 11.8 Å². The van der Waals surface area contributed by atoms with Crippen LogP contribution in [0, 0.1) is 5.92 Å². The van der Waals surface area contributed by atoms with Gasteiger partial charge in [-0.05, 0) is 26.2 Å². The molecule has 0 radical (unpaired) electrons. The second kappa shape index (κ2) is 7.63. The van der Waals surface area contributed by atoms with Crippen LogP contribution in [0.25, 0.3) is 0 Å². The quantitative estimate of drug-likeness (QED) is 0.867. The summed E-state index contributed by atoms with van der Waals surface area (Å²) in [4.78, 5) is 25.9. The summed E-state index contributed by atoms with van der Waals surface area (Å²) in [6.07, 6.45) is 5.32. The zero-order valence-electron chi connectivity index (χ0n) is 13.1. The van der Waals surface area contributed by atoms with Gasteiger partial charge in [0.05, 0.1) is 17.8 Å². The molecule has 2 N–H and O–H groups in total. The summed E-state index contributed by atoms with van der Waals surface area (Å²) in [7, 11) is 0.